The van der Waals surface area contributed by atoms with Gasteiger partial charge in [-0.15, -0.1) is 0 Å². The van der Waals surface area contributed by atoms with Crippen molar-refractivity contribution in [3.8, 4) is 17.0 Å². The predicted molar refractivity (Wildman–Crippen MR) is 121 cm³/mol. The molecule has 174 valence electrons. The van der Waals surface area contributed by atoms with Gasteiger partial charge in [0.25, 0.3) is 5.92 Å². The van der Waals surface area contributed by atoms with Gasteiger partial charge in [-0.05, 0) is 32.4 Å². The normalized spacial score (nSPS) is 15.5. The molecule has 33 heavy (non-hydrogen) atoms. The molecule has 1 saturated heterocycles. The van der Waals surface area contributed by atoms with E-state index in [1.165, 1.54) is 12.0 Å². The highest BCUT2D eigenvalue weighted by Crippen LogP contribution is 2.37. The molecule has 1 aliphatic heterocycles. The fourth-order valence-electron chi connectivity index (χ4n) is 4.23. The first-order valence-corrected chi connectivity index (χ1v) is 10.8. The minimum Gasteiger partial charge on any atom is -0.491 e. The van der Waals surface area contributed by atoms with Gasteiger partial charge in [0, 0.05) is 23.9 Å². The van der Waals surface area contributed by atoms with E-state index in [4.69, 9.17) is 9.47 Å². The number of aromatic nitrogens is 2. The zero-order chi connectivity index (χ0) is 23.8. The second-order valence-corrected chi connectivity index (χ2v) is 8.02. The Morgan fingerprint density at radius 3 is 2.76 bits per heavy atom. The van der Waals surface area contributed by atoms with E-state index in [1.54, 1.807) is 26.0 Å². The average molecular weight is 457 g/mol. The molecule has 1 fully saturated rings. The van der Waals surface area contributed by atoms with E-state index in [0.717, 1.165) is 5.39 Å². The number of carbonyl (C=O) groups is 1. The van der Waals surface area contributed by atoms with E-state index in [-0.39, 0.29) is 35.9 Å². The second kappa shape index (κ2) is 8.80. The molecule has 0 aliphatic carbocycles. The number of fused-ring (bicyclic) bond motifs is 1. The van der Waals surface area contributed by atoms with Crippen LogP contribution in [0.2, 0.25) is 0 Å². The first-order valence-electron chi connectivity index (χ1n) is 10.8. The number of rotatable bonds is 5. The standard InChI is InChI=1S/C24H25F2N3O4/c1-4-33-23(31)18-19(27-14(2)21(32-3)20(18)30)16-12-15-8-5-6-9-17(15)28-22(16)29-11-7-10-24(25,26)13-29/h5-6,8-9,12H,4,7,10-11,13H2,1-3H3,(H,27,30). The molecule has 2 aromatic heterocycles. The number of hydrogen-bond acceptors (Lipinski definition) is 6. The smallest absolute Gasteiger partial charge is 0.344 e. The molecule has 0 saturated carbocycles. The monoisotopic (exact) mass is 457 g/mol. The Morgan fingerprint density at radius 1 is 1.30 bits per heavy atom. The number of carbonyl (C=O) groups excluding carboxylic acids is 1. The summed E-state index contributed by atoms with van der Waals surface area (Å²) in [6.45, 7) is 3.22. The Morgan fingerprint density at radius 2 is 2.06 bits per heavy atom. The Kier molecular flexibility index (Phi) is 6.05. The molecule has 1 aromatic carbocycles. The van der Waals surface area contributed by atoms with E-state index in [9.17, 15) is 18.4 Å². The number of halogens is 2. The van der Waals surface area contributed by atoms with Crippen LogP contribution in [0.15, 0.2) is 35.1 Å². The van der Waals surface area contributed by atoms with Crippen molar-refractivity contribution in [2.24, 2.45) is 0 Å². The van der Waals surface area contributed by atoms with Crippen molar-refractivity contribution < 1.29 is 23.0 Å². The molecule has 7 nitrogen and oxygen atoms in total. The summed E-state index contributed by atoms with van der Waals surface area (Å²) in [5.41, 5.74) is 0.673. The van der Waals surface area contributed by atoms with Gasteiger partial charge in [0.15, 0.2) is 5.75 Å². The number of para-hydroxylation sites is 1. The minimum atomic E-state index is -2.87. The number of nitrogens with one attached hydrogen (secondary N) is 1. The van der Waals surface area contributed by atoms with Gasteiger partial charge in [-0.25, -0.2) is 18.6 Å². The number of aromatic amines is 1. The molecule has 1 aliphatic rings. The van der Waals surface area contributed by atoms with Gasteiger partial charge in [0.2, 0.25) is 5.43 Å². The lowest BCUT2D eigenvalue weighted by Gasteiger charge is -2.34. The first kappa shape index (κ1) is 22.7. The highest BCUT2D eigenvalue weighted by Gasteiger charge is 2.37. The Hall–Kier alpha value is -3.49. The van der Waals surface area contributed by atoms with Crippen LogP contribution in [0.5, 0.6) is 5.75 Å². The summed E-state index contributed by atoms with van der Waals surface area (Å²) in [7, 11) is 1.34. The molecule has 0 amide bonds. The largest absolute Gasteiger partial charge is 0.491 e. The van der Waals surface area contributed by atoms with Crippen molar-refractivity contribution in [3.05, 3.63) is 51.8 Å². The number of pyridine rings is 2. The maximum atomic E-state index is 14.3. The molecule has 0 bridgehead atoms. The lowest BCUT2D eigenvalue weighted by Crippen LogP contribution is -2.43. The van der Waals surface area contributed by atoms with Crippen molar-refractivity contribution in [2.45, 2.75) is 32.6 Å². The zero-order valence-electron chi connectivity index (χ0n) is 18.7. The number of nitrogens with zero attached hydrogens (tertiary/aromatic N) is 2. The van der Waals surface area contributed by atoms with E-state index in [1.807, 2.05) is 18.2 Å². The van der Waals surface area contributed by atoms with Gasteiger partial charge in [-0.1, -0.05) is 18.2 Å². The van der Waals surface area contributed by atoms with Crippen molar-refractivity contribution in [1.29, 1.82) is 0 Å². The molecule has 0 radical (unpaired) electrons. The number of H-pyrrole nitrogens is 1. The molecule has 3 heterocycles. The molecule has 4 rings (SSSR count). The van der Waals surface area contributed by atoms with Crippen molar-refractivity contribution in [1.82, 2.24) is 9.97 Å². The van der Waals surface area contributed by atoms with Crippen molar-refractivity contribution >= 4 is 22.7 Å². The summed E-state index contributed by atoms with van der Waals surface area (Å²) in [4.78, 5) is 35.3. The quantitative estimate of drug-likeness (QED) is 0.575. The highest BCUT2D eigenvalue weighted by molar-refractivity contribution is 6.00. The zero-order valence-corrected chi connectivity index (χ0v) is 18.7. The molecular weight excluding hydrogens is 432 g/mol. The topological polar surface area (TPSA) is 84.5 Å². The fourth-order valence-corrected chi connectivity index (χ4v) is 4.23. The third kappa shape index (κ3) is 4.27. The van der Waals surface area contributed by atoms with Gasteiger partial charge >= 0.3 is 5.97 Å². The third-order valence-corrected chi connectivity index (χ3v) is 5.69. The number of esters is 1. The Balaban J connectivity index is 2.03. The SMILES string of the molecule is CCOC(=O)c1c(-c2cc3ccccc3nc2N2CCCC(F)(F)C2)[nH]c(C)c(OC)c1=O. The molecule has 9 heteroatoms. The third-order valence-electron chi connectivity index (χ3n) is 5.69. The van der Waals surface area contributed by atoms with Crippen LogP contribution in [0.25, 0.3) is 22.2 Å². The number of aryl methyl sites for hydroxylation is 1. The van der Waals surface area contributed by atoms with Crippen LogP contribution in [0.4, 0.5) is 14.6 Å². The summed E-state index contributed by atoms with van der Waals surface area (Å²) in [6.07, 6.45) is 0.100. The number of methoxy groups -OCH3 is 1. The van der Waals surface area contributed by atoms with Gasteiger partial charge in [-0.2, -0.15) is 0 Å². The number of hydrogen-bond donors (Lipinski definition) is 1. The van der Waals surface area contributed by atoms with E-state index in [0.29, 0.717) is 29.7 Å². The fraction of sp³-hybridized carbons (Fsp3) is 0.375. The van der Waals surface area contributed by atoms with Gasteiger partial charge < -0.3 is 19.4 Å². The van der Waals surface area contributed by atoms with E-state index in [2.05, 4.69) is 9.97 Å². The summed E-state index contributed by atoms with van der Waals surface area (Å²) >= 11 is 0. The van der Waals surface area contributed by atoms with Crippen LogP contribution in [0.3, 0.4) is 0 Å². The van der Waals surface area contributed by atoms with Gasteiger partial charge in [0.05, 0.1) is 37.2 Å². The van der Waals surface area contributed by atoms with Crippen LogP contribution < -0.4 is 15.1 Å². The lowest BCUT2D eigenvalue weighted by molar-refractivity contribution is -0.0118. The number of anilines is 1. The highest BCUT2D eigenvalue weighted by atomic mass is 19.3. The molecule has 0 unspecified atom stereocenters. The summed E-state index contributed by atoms with van der Waals surface area (Å²) < 4.78 is 39.0. The van der Waals surface area contributed by atoms with E-state index < -0.39 is 23.9 Å². The van der Waals surface area contributed by atoms with Crippen molar-refractivity contribution in [2.75, 3.05) is 31.7 Å². The summed E-state index contributed by atoms with van der Waals surface area (Å²) in [6, 6.07) is 9.02. The minimum absolute atomic E-state index is 0.0124. The van der Waals surface area contributed by atoms with Crippen LogP contribution in [0, 0.1) is 6.92 Å². The average Bonchev–Trinajstić information content (AvgIpc) is 2.77. The maximum absolute atomic E-state index is 14.3. The molecule has 3 aromatic rings. The van der Waals surface area contributed by atoms with Crippen LogP contribution in [0.1, 0.15) is 35.8 Å². The lowest BCUT2D eigenvalue weighted by atomic mass is 10.0. The van der Waals surface area contributed by atoms with Crippen LogP contribution in [-0.2, 0) is 4.74 Å². The summed E-state index contributed by atoms with van der Waals surface area (Å²) in [5, 5.41) is 0.740. The number of benzene rings is 1. The maximum Gasteiger partial charge on any atom is 0.344 e. The van der Waals surface area contributed by atoms with Crippen LogP contribution >= 0.6 is 0 Å². The number of alkyl halides is 2. The molecular formula is C24H25F2N3O4. The van der Waals surface area contributed by atoms with Gasteiger partial charge in [-0.3, -0.25) is 4.79 Å². The second-order valence-electron chi connectivity index (χ2n) is 8.02. The number of piperidine rings is 1. The summed E-state index contributed by atoms with van der Waals surface area (Å²) in [5.74, 6) is -3.42. The van der Waals surface area contributed by atoms with Crippen molar-refractivity contribution in [3.63, 3.8) is 0 Å². The van der Waals surface area contributed by atoms with Gasteiger partial charge in [0.1, 0.15) is 11.4 Å². The molecule has 0 atom stereocenters. The molecule has 1 N–H and O–H groups in total. The first-order chi connectivity index (χ1) is 15.8. The molecule has 0 spiro atoms. The Labute approximate surface area is 189 Å². The number of ether oxygens (including phenoxy) is 2. The predicted octanol–water partition coefficient (Wildman–Crippen LogP) is 4.32. The Bertz CT molecular complexity index is 1270. The van der Waals surface area contributed by atoms with Crippen LogP contribution in [-0.4, -0.2) is 48.7 Å². The van der Waals surface area contributed by atoms with E-state index >= 15 is 0 Å².